The van der Waals surface area contributed by atoms with Crippen LogP contribution in [0.5, 0.6) is 0 Å². The molecule has 2 N–H and O–H groups in total. The Morgan fingerprint density at radius 3 is 2.77 bits per heavy atom. The van der Waals surface area contributed by atoms with Crippen LogP contribution in [-0.2, 0) is 17.6 Å². The minimum Gasteiger partial charge on any atom is -0.469 e. The normalized spacial score (nSPS) is 13.8. The number of anilines is 1. The number of hydrazone groups is 1. The maximum Gasteiger partial charge on any atom is 0.274 e. The fourth-order valence-corrected chi connectivity index (χ4v) is 3.19. The van der Waals surface area contributed by atoms with E-state index >= 15 is 0 Å². The van der Waals surface area contributed by atoms with Gasteiger partial charge in [0.25, 0.3) is 5.91 Å². The van der Waals surface area contributed by atoms with Crippen LogP contribution in [0.15, 0.2) is 40.0 Å². The number of nitrogens with zero attached hydrogens (tertiary/aromatic N) is 1. The van der Waals surface area contributed by atoms with Gasteiger partial charge >= 0.3 is 0 Å². The molecule has 1 heterocycles. The number of furan rings is 1. The van der Waals surface area contributed by atoms with Crippen LogP contribution in [0.1, 0.15) is 53.4 Å². The Hall–Kier alpha value is -2.89. The topological polar surface area (TPSA) is 83.7 Å². The summed E-state index contributed by atoms with van der Waals surface area (Å²) < 4.78 is 5.10. The van der Waals surface area contributed by atoms with Crippen molar-refractivity contribution in [3.8, 4) is 0 Å². The lowest BCUT2D eigenvalue weighted by Gasteiger charge is -2.19. The predicted octanol–water partition coefficient (Wildman–Crippen LogP) is 3.60. The lowest BCUT2D eigenvalue weighted by Crippen LogP contribution is -2.22. The standard InChI is InChI=1S/C20H23N3O3/c1-13(22-23-20(25)16-10-11-26-14(16)2)12-19(24)21-18-9-5-7-15-6-3-4-8-17(15)18/h5,7,9-11H,3-4,6,8,12H2,1-2H3,(H,21,24)(H,23,25)/b22-13-. The summed E-state index contributed by atoms with van der Waals surface area (Å²) in [4.78, 5) is 24.3. The Morgan fingerprint density at radius 2 is 2.00 bits per heavy atom. The summed E-state index contributed by atoms with van der Waals surface area (Å²) in [7, 11) is 0. The van der Waals surface area contributed by atoms with E-state index in [1.807, 2.05) is 12.1 Å². The molecule has 136 valence electrons. The third kappa shape index (κ3) is 4.20. The average molecular weight is 353 g/mol. The molecule has 1 aliphatic rings. The highest BCUT2D eigenvalue weighted by Gasteiger charge is 2.15. The van der Waals surface area contributed by atoms with Crippen LogP contribution in [0.3, 0.4) is 0 Å². The molecule has 1 aromatic carbocycles. The van der Waals surface area contributed by atoms with Gasteiger partial charge in [0.15, 0.2) is 0 Å². The summed E-state index contributed by atoms with van der Waals surface area (Å²) in [5, 5.41) is 6.98. The average Bonchev–Trinajstić information content (AvgIpc) is 3.06. The largest absolute Gasteiger partial charge is 0.469 e. The zero-order valence-corrected chi connectivity index (χ0v) is 15.1. The van der Waals surface area contributed by atoms with Crippen LogP contribution in [0, 0.1) is 6.92 Å². The van der Waals surface area contributed by atoms with Gasteiger partial charge in [-0.05, 0) is 62.8 Å². The number of aryl methyl sites for hydroxylation is 2. The number of hydrogen-bond donors (Lipinski definition) is 2. The number of amides is 2. The molecular formula is C20H23N3O3. The Morgan fingerprint density at radius 1 is 1.19 bits per heavy atom. The second-order valence-electron chi connectivity index (χ2n) is 6.55. The molecule has 6 nitrogen and oxygen atoms in total. The summed E-state index contributed by atoms with van der Waals surface area (Å²) >= 11 is 0. The second-order valence-corrected chi connectivity index (χ2v) is 6.55. The molecule has 6 heteroatoms. The van der Waals surface area contributed by atoms with Crippen molar-refractivity contribution in [2.45, 2.75) is 46.0 Å². The molecule has 1 aliphatic carbocycles. The van der Waals surface area contributed by atoms with Crippen LogP contribution in [-0.4, -0.2) is 17.5 Å². The van der Waals surface area contributed by atoms with Gasteiger partial charge in [-0.3, -0.25) is 9.59 Å². The van der Waals surface area contributed by atoms with Gasteiger partial charge in [0.2, 0.25) is 5.91 Å². The first-order valence-electron chi connectivity index (χ1n) is 8.83. The van der Waals surface area contributed by atoms with Gasteiger partial charge in [-0.2, -0.15) is 5.10 Å². The molecule has 0 atom stereocenters. The molecule has 0 saturated heterocycles. The Bertz CT molecular complexity index is 852. The highest BCUT2D eigenvalue weighted by atomic mass is 16.3. The predicted molar refractivity (Wildman–Crippen MR) is 100 cm³/mol. The first kappa shape index (κ1) is 17.9. The van der Waals surface area contributed by atoms with E-state index in [1.165, 1.54) is 23.8 Å². The first-order valence-corrected chi connectivity index (χ1v) is 8.83. The van der Waals surface area contributed by atoms with E-state index in [0.717, 1.165) is 24.9 Å². The zero-order chi connectivity index (χ0) is 18.5. The maximum absolute atomic E-state index is 12.3. The van der Waals surface area contributed by atoms with E-state index in [2.05, 4.69) is 21.9 Å². The van der Waals surface area contributed by atoms with Gasteiger partial charge < -0.3 is 9.73 Å². The van der Waals surface area contributed by atoms with Crippen LogP contribution < -0.4 is 10.7 Å². The fourth-order valence-electron chi connectivity index (χ4n) is 3.19. The lowest BCUT2D eigenvalue weighted by molar-refractivity contribution is -0.115. The van der Waals surface area contributed by atoms with Crippen molar-refractivity contribution in [2.24, 2.45) is 5.10 Å². The lowest BCUT2D eigenvalue weighted by atomic mass is 9.90. The second kappa shape index (κ2) is 7.99. The van der Waals surface area contributed by atoms with Gasteiger partial charge in [0.1, 0.15) is 5.76 Å². The Kier molecular flexibility index (Phi) is 5.51. The van der Waals surface area contributed by atoms with Crippen molar-refractivity contribution in [1.82, 2.24) is 5.43 Å². The maximum atomic E-state index is 12.3. The fraction of sp³-hybridized carbons (Fsp3) is 0.350. The van der Waals surface area contributed by atoms with Crippen LogP contribution in [0.25, 0.3) is 0 Å². The summed E-state index contributed by atoms with van der Waals surface area (Å²) in [5.74, 6) is 0.0362. The molecule has 0 radical (unpaired) electrons. The molecule has 2 aromatic rings. The summed E-state index contributed by atoms with van der Waals surface area (Å²) in [5.41, 5.74) is 6.87. The minimum atomic E-state index is -0.354. The smallest absolute Gasteiger partial charge is 0.274 e. The van der Waals surface area contributed by atoms with E-state index in [4.69, 9.17) is 4.42 Å². The first-order chi connectivity index (χ1) is 12.5. The van der Waals surface area contributed by atoms with Gasteiger partial charge in [-0.1, -0.05) is 12.1 Å². The van der Waals surface area contributed by atoms with Gasteiger partial charge in [-0.25, -0.2) is 5.43 Å². The molecule has 0 spiro atoms. The van der Waals surface area contributed by atoms with Crippen LogP contribution >= 0.6 is 0 Å². The number of carbonyl (C=O) groups is 2. The monoisotopic (exact) mass is 353 g/mol. The Labute approximate surface area is 152 Å². The van der Waals surface area contributed by atoms with Crippen molar-refractivity contribution in [2.75, 3.05) is 5.32 Å². The van der Waals surface area contributed by atoms with Crippen molar-refractivity contribution >= 4 is 23.2 Å². The molecule has 1 aromatic heterocycles. The molecule has 0 fully saturated rings. The molecule has 0 aliphatic heterocycles. The third-order valence-corrected chi connectivity index (χ3v) is 4.54. The summed E-state index contributed by atoms with van der Waals surface area (Å²) in [6.07, 6.45) is 5.99. The number of benzene rings is 1. The molecule has 2 amide bonds. The number of rotatable bonds is 5. The van der Waals surface area contributed by atoms with Crippen LogP contribution in [0.4, 0.5) is 5.69 Å². The van der Waals surface area contributed by atoms with Crippen molar-refractivity contribution in [1.29, 1.82) is 0 Å². The van der Waals surface area contributed by atoms with Crippen molar-refractivity contribution in [3.63, 3.8) is 0 Å². The quantitative estimate of drug-likeness (QED) is 0.636. The number of carbonyl (C=O) groups excluding carboxylic acids is 2. The third-order valence-electron chi connectivity index (χ3n) is 4.54. The molecular weight excluding hydrogens is 330 g/mol. The minimum absolute atomic E-state index is 0.119. The van der Waals surface area contributed by atoms with Crippen molar-refractivity contribution in [3.05, 3.63) is 53.0 Å². The molecule has 0 bridgehead atoms. The zero-order valence-electron chi connectivity index (χ0n) is 15.1. The summed E-state index contributed by atoms with van der Waals surface area (Å²) in [6, 6.07) is 7.64. The number of nitrogens with one attached hydrogen (secondary N) is 2. The highest BCUT2D eigenvalue weighted by Crippen LogP contribution is 2.27. The molecule has 0 unspecified atom stereocenters. The SMILES string of the molecule is C/C(CC(=O)Nc1cccc2c1CCCC2)=N/NC(=O)c1ccoc1C. The molecule has 26 heavy (non-hydrogen) atoms. The van der Waals surface area contributed by atoms with E-state index in [9.17, 15) is 9.59 Å². The van der Waals surface area contributed by atoms with Crippen LogP contribution in [0.2, 0.25) is 0 Å². The molecule has 0 saturated carbocycles. The molecule has 3 rings (SSSR count). The van der Waals surface area contributed by atoms with E-state index < -0.39 is 0 Å². The van der Waals surface area contributed by atoms with Gasteiger partial charge in [0.05, 0.1) is 18.2 Å². The highest BCUT2D eigenvalue weighted by molar-refractivity contribution is 6.06. The summed E-state index contributed by atoms with van der Waals surface area (Å²) in [6.45, 7) is 3.42. The van der Waals surface area contributed by atoms with E-state index in [-0.39, 0.29) is 18.2 Å². The Balaban J connectivity index is 1.58. The van der Waals surface area contributed by atoms with Gasteiger partial charge in [-0.15, -0.1) is 0 Å². The van der Waals surface area contributed by atoms with Crippen molar-refractivity contribution < 1.29 is 14.0 Å². The van der Waals surface area contributed by atoms with E-state index in [1.54, 1.807) is 19.9 Å². The number of hydrogen-bond acceptors (Lipinski definition) is 4. The van der Waals surface area contributed by atoms with E-state index in [0.29, 0.717) is 17.0 Å². The number of fused-ring (bicyclic) bond motifs is 1. The van der Waals surface area contributed by atoms with Gasteiger partial charge in [0, 0.05) is 11.4 Å².